The predicted molar refractivity (Wildman–Crippen MR) is 181 cm³/mol. The lowest BCUT2D eigenvalue weighted by atomic mass is 9.94. The van der Waals surface area contributed by atoms with Gasteiger partial charge in [0.25, 0.3) is 0 Å². The van der Waals surface area contributed by atoms with Crippen LogP contribution in [0.15, 0.2) is 84.9 Å². The van der Waals surface area contributed by atoms with Crippen LogP contribution in [0.3, 0.4) is 0 Å². The number of hydrogen-bond donors (Lipinski definition) is 1. The summed E-state index contributed by atoms with van der Waals surface area (Å²) in [6.07, 6.45) is -0.0979. The van der Waals surface area contributed by atoms with Crippen LogP contribution in [-0.2, 0) is 11.2 Å². The van der Waals surface area contributed by atoms with Crippen molar-refractivity contribution in [2.45, 2.75) is 38.0 Å². The molecule has 2 aromatic heterocycles. The number of aryl methyl sites for hydroxylation is 2. The van der Waals surface area contributed by atoms with Crippen LogP contribution in [-0.4, -0.2) is 36.0 Å². The Labute approximate surface area is 286 Å². The number of ether oxygens (including phenoxy) is 1. The smallest absolute Gasteiger partial charge is 0.380 e. The monoisotopic (exact) mass is 708 g/mol. The maximum atomic E-state index is 15.7. The number of aliphatic carboxylic acids is 1. The van der Waals surface area contributed by atoms with Crippen molar-refractivity contribution in [3.8, 4) is 38.5 Å². The topological polar surface area (TPSA) is 46.5 Å². The van der Waals surface area contributed by atoms with Gasteiger partial charge in [-0.2, -0.15) is 26.3 Å². The highest BCUT2D eigenvalue weighted by Crippen LogP contribution is 2.66. The van der Waals surface area contributed by atoms with E-state index in [9.17, 15) is 4.79 Å². The second-order valence-electron chi connectivity index (χ2n) is 11.5. The Balaban J connectivity index is 1.37. The van der Waals surface area contributed by atoms with Crippen molar-refractivity contribution in [1.29, 1.82) is 0 Å². The quantitative estimate of drug-likeness (QED) is 0.135. The van der Waals surface area contributed by atoms with Gasteiger partial charge in [-0.25, -0.2) is 0 Å². The van der Waals surface area contributed by atoms with Crippen molar-refractivity contribution in [1.82, 2.24) is 0 Å². The Kier molecular flexibility index (Phi) is 8.76. The summed E-state index contributed by atoms with van der Waals surface area (Å²) < 4.78 is 97.9. The van der Waals surface area contributed by atoms with Crippen molar-refractivity contribution < 1.29 is 41.0 Å². The third kappa shape index (κ3) is 6.04. The zero-order chi connectivity index (χ0) is 35.3. The average Bonchev–Trinajstić information content (AvgIpc) is 3.66. The number of rotatable bonds is 7. The summed E-state index contributed by atoms with van der Waals surface area (Å²) in [6, 6.07) is 22.7. The highest BCUT2D eigenvalue weighted by atomic mass is 32.1. The molecule has 0 unspecified atom stereocenters. The summed E-state index contributed by atoms with van der Waals surface area (Å²) >= 11 is 2.09. The van der Waals surface area contributed by atoms with Crippen LogP contribution in [0, 0.1) is 25.7 Å². The molecule has 0 atom stereocenters. The van der Waals surface area contributed by atoms with Gasteiger partial charge in [0.2, 0.25) is 0 Å². The number of carbonyl (C=O) groups is 1. The van der Waals surface area contributed by atoms with Crippen molar-refractivity contribution in [2.24, 2.45) is 0 Å². The molecule has 3 nitrogen and oxygen atoms in total. The molecule has 0 saturated carbocycles. The number of benzene rings is 3. The fourth-order valence-corrected chi connectivity index (χ4v) is 7.74. The standard InChI is InChI=1S/C38H26F6O3S2/c1-21-29(19-31(48-21)26-12-10-24(11-13-26)5-4-23-6-8-25(9-7-23)18-33(45)46)34-35(37(41,42)38(43,44)36(34,39)40)30-20-32(49-22(30)2)27-14-16-28(47-3)17-15-27/h6-17,19-20H,18H2,1-3H3,(H,45,46). The zero-order valence-electron chi connectivity index (χ0n) is 26.1. The van der Waals surface area contributed by atoms with Gasteiger partial charge in [0.1, 0.15) is 5.75 Å². The summed E-state index contributed by atoms with van der Waals surface area (Å²) in [5.74, 6) is -10.4. The molecule has 0 amide bonds. The number of alkyl halides is 6. The summed E-state index contributed by atoms with van der Waals surface area (Å²) in [5.41, 5.74) is -0.351. The highest BCUT2D eigenvalue weighted by molar-refractivity contribution is 7.16. The Bertz CT molecular complexity index is 2150. The minimum atomic E-state index is -5.66. The molecule has 0 aliphatic heterocycles. The Hall–Kier alpha value is -4.79. The fraction of sp³-hybridized carbons (Fsp3) is 0.184. The minimum absolute atomic E-state index is 0.0979. The molecule has 3 aromatic carbocycles. The molecule has 49 heavy (non-hydrogen) atoms. The maximum absolute atomic E-state index is 15.7. The van der Waals surface area contributed by atoms with Crippen LogP contribution in [0.25, 0.3) is 32.0 Å². The molecule has 2 heterocycles. The molecular weight excluding hydrogens is 683 g/mol. The number of allylic oxidation sites excluding steroid dienone is 2. The first-order valence-corrected chi connectivity index (χ1v) is 16.4. The zero-order valence-corrected chi connectivity index (χ0v) is 27.8. The van der Waals surface area contributed by atoms with E-state index in [0.29, 0.717) is 43.3 Å². The molecular formula is C38H26F6O3S2. The van der Waals surface area contributed by atoms with Gasteiger partial charge in [-0.05, 0) is 102 Å². The predicted octanol–water partition coefficient (Wildman–Crippen LogP) is 10.6. The first kappa shape index (κ1) is 34.1. The van der Waals surface area contributed by atoms with Crippen molar-refractivity contribution in [3.63, 3.8) is 0 Å². The fourth-order valence-electron chi connectivity index (χ4n) is 5.68. The van der Waals surface area contributed by atoms with Gasteiger partial charge in [0, 0.05) is 41.8 Å². The molecule has 0 radical (unpaired) electrons. The van der Waals surface area contributed by atoms with Crippen LogP contribution in [0.2, 0.25) is 0 Å². The molecule has 6 rings (SSSR count). The normalized spacial score (nSPS) is 15.9. The molecule has 0 saturated heterocycles. The largest absolute Gasteiger partial charge is 0.497 e. The van der Waals surface area contributed by atoms with Gasteiger partial charge in [-0.15, -0.1) is 22.7 Å². The molecule has 1 N–H and O–H groups in total. The molecule has 250 valence electrons. The van der Waals surface area contributed by atoms with Gasteiger partial charge in [-0.3, -0.25) is 4.79 Å². The molecule has 0 fully saturated rings. The summed E-state index contributed by atoms with van der Waals surface area (Å²) in [5, 5.41) is 8.92. The maximum Gasteiger partial charge on any atom is 0.380 e. The van der Waals surface area contributed by atoms with Crippen LogP contribution >= 0.6 is 22.7 Å². The number of methoxy groups -OCH3 is 1. The van der Waals surface area contributed by atoms with E-state index in [2.05, 4.69) is 11.8 Å². The van der Waals surface area contributed by atoms with Crippen LogP contribution in [0.5, 0.6) is 5.75 Å². The van der Waals surface area contributed by atoms with Gasteiger partial charge >= 0.3 is 23.7 Å². The number of carboxylic acids is 1. The first-order chi connectivity index (χ1) is 23.1. The molecule has 0 spiro atoms. The van der Waals surface area contributed by atoms with Gasteiger partial charge < -0.3 is 9.84 Å². The molecule has 0 bridgehead atoms. The minimum Gasteiger partial charge on any atom is -0.497 e. The van der Waals surface area contributed by atoms with Gasteiger partial charge in [-0.1, -0.05) is 36.1 Å². The van der Waals surface area contributed by atoms with Crippen molar-refractivity contribution in [2.75, 3.05) is 7.11 Å². The first-order valence-electron chi connectivity index (χ1n) is 14.8. The van der Waals surface area contributed by atoms with E-state index in [1.165, 1.54) is 33.1 Å². The highest BCUT2D eigenvalue weighted by Gasteiger charge is 2.80. The second-order valence-corrected chi connectivity index (χ2v) is 14.0. The molecule has 1 aliphatic carbocycles. The Morgan fingerprint density at radius 3 is 1.51 bits per heavy atom. The number of carboxylic acid groups (broad SMARTS) is 1. The van der Waals surface area contributed by atoms with E-state index in [-0.39, 0.29) is 27.3 Å². The van der Waals surface area contributed by atoms with Gasteiger partial charge in [0.15, 0.2) is 0 Å². The second kappa shape index (κ2) is 12.6. The Morgan fingerprint density at radius 1 is 0.694 bits per heavy atom. The summed E-state index contributed by atoms with van der Waals surface area (Å²) in [6.45, 7) is 2.90. The lowest BCUT2D eigenvalue weighted by molar-refractivity contribution is -0.254. The van der Waals surface area contributed by atoms with E-state index in [4.69, 9.17) is 9.84 Å². The lowest BCUT2D eigenvalue weighted by Crippen LogP contribution is -2.48. The van der Waals surface area contributed by atoms with E-state index in [1.54, 1.807) is 72.8 Å². The lowest BCUT2D eigenvalue weighted by Gasteiger charge is -2.25. The third-order valence-corrected chi connectivity index (χ3v) is 10.4. The molecule has 11 heteroatoms. The van der Waals surface area contributed by atoms with Crippen molar-refractivity contribution >= 4 is 39.8 Å². The number of halogens is 6. The summed E-state index contributed by atoms with van der Waals surface area (Å²) in [4.78, 5) is 12.2. The molecule has 1 aliphatic rings. The summed E-state index contributed by atoms with van der Waals surface area (Å²) in [7, 11) is 1.48. The van der Waals surface area contributed by atoms with E-state index < -0.39 is 34.9 Å². The number of hydrogen-bond acceptors (Lipinski definition) is 4. The van der Waals surface area contributed by atoms with Gasteiger partial charge in [0.05, 0.1) is 13.5 Å². The van der Waals surface area contributed by atoms with E-state index in [0.717, 1.165) is 22.7 Å². The molecule has 5 aromatic rings. The van der Waals surface area contributed by atoms with E-state index >= 15 is 26.3 Å². The van der Waals surface area contributed by atoms with Crippen LogP contribution in [0.1, 0.15) is 37.6 Å². The van der Waals surface area contributed by atoms with Crippen molar-refractivity contribution in [3.05, 3.63) is 123 Å². The van der Waals surface area contributed by atoms with E-state index in [1.807, 2.05) is 0 Å². The third-order valence-electron chi connectivity index (χ3n) is 8.25. The average molecular weight is 709 g/mol. The Morgan fingerprint density at radius 2 is 1.10 bits per heavy atom. The van der Waals surface area contributed by atoms with Crippen LogP contribution in [0.4, 0.5) is 26.3 Å². The number of thiophene rings is 2. The van der Waals surface area contributed by atoms with Crippen LogP contribution < -0.4 is 4.74 Å². The SMILES string of the molecule is COc1ccc(-c2cc(C3=C(c4cc(-c5ccc(C#Cc6ccc(CC(=O)O)cc6)cc5)sc4C)C(F)(F)C(F)(F)C3(F)F)c(C)s2)cc1.